The normalized spacial score (nSPS) is 18.9. The maximum atomic E-state index is 13.4. The number of nitrogens with zero attached hydrogens (tertiary/aromatic N) is 3. The second kappa shape index (κ2) is 9.54. The quantitative estimate of drug-likeness (QED) is 0.615. The van der Waals surface area contributed by atoms with E-state index in [2.05, 4.69) is 4.90 Å². The lowest BCUT2D eigenvalue weighted by Crippen LogP contribution is -2.55. The van der Waals surface area contributed by atoms with Crippen molar-refractivity contribution in [3.8, 4) is 11.5 Å². The first-order chi connectivity index (χ1) is 16.3. The van der Waals surface area contributed by atoms with Crippen molar-refractivity contribution in [2.45, 2.75) is 30.7 Å². The SMILES string of the molecule is COc1ccc(N2CCN(C(=O)[C@@H]3CCC(=O)N3S(=O)(=O)c3ccc(OC)c(C)c3)CC2)cc1. The number of aryl methyl sites for hydroxylation is 1. The van der Waals surface area contributed by atoms with Gasteiger partial charge in [0, 0.05) is 38.3 Å². The summed E-state index contributed by atoms with van der Waals surface area (Å²) in [7, 11) is -1.05. The van der Waals surface area contributed by atoms with Crippen molar-refractivity contribution >= 4 is 27.5 Å². The second-order valence-corrected chi connectivity index (χ2v) is 10.2. The molecule has 2 aromatic carbocycles. The molecule has 0 unspecified atom stereocenters. The van der Waals surface area contributed by atoms with Crippen molar-refractivity contribution in [2.24, 2.45) is 0 Å². The van der Waals surface area contributed by atoms with Crippen LogP contribution in [0.1, 0.15) is 18.4 Å². The third-order valence-electron chi connectivity index (χ3n) is 6.40. The van der Waals surface area contributed by atoms with E-state index in [1.807, 2.05) is 24.3 Å². The summed E-state index contributed by atoms with van der Waals surface area (Å²) in [5.74, 6) is 0.448. The van der Waals surface area contributed by atoms with Crippen LogP contribution in [0.15, 0.2) is 47.4 Å². The van der Waals surface area contributed by atoms with Gasteiger partial charge in [0.05, 0.1) is 19.1 Å². The van der Waals surface area contributed by atoms with E-state index in [4.69, 9.17) is 9.47 Å². The van der Waals surface area contributed by atoms with Crippen LogP contribution in [0, 0.1) is 6.92 Å². The Morgan fingerprint density at radius 1 is 0.971 bits per heavy atom. The summed E-state index contributed by atoms with van der Waals surface area (Å²) in [5.41, 5.74) is 1.66. The standard InChI is InChI=1S/C24H29N3O6S/c1-17-16-20(8-10-22(17)33-3)34(30,31)27-21(9-11-23(27)28)24(29)26-14-12-25(13-15-26)18-4-6-19(32-2)7-5-18/h4-8,10,16,21H,9,11-15H2,1-3H3/t21-/m0/s1. The van der Waals surface area contributed by atoms with Gasteiger partial charge in [-0.3, -0.25) is 9.59 Å². The molecule has 2 aromatic rings. The van der Waals surface area contributed by atoms with Crippen LogP contribution in [0.4, 0.5) is 5.69 Å². The smallest absolute Gasteiger partial charge is 0.267 e. The number of carbonyl (C=O) groups is 2. The molecule has 0 spiro atoms. The number of hydrogen-bond acceptors (Lipinski definition) is 7. The predicted molar refractivity (Wildman–Crippen MR) is 127 cm³/mol. The van der Waals surface area contributed by atoms with E-state index in [9.17, 15) is 18.0 Å². The van der Waals surface area contributed by atoms with Gasteiger partial charge in [-0.25, -0.2) is 12.7 Å². The van der Waals surface area contributed by atoms with E-state index in [1.54, 1.807) is 25.0 Å². The fourth-order valence-electron chi connectivity index (χ4n) is 4.50. The average Bonchev–Trinajstić information content (AvgIpc) is 3.25. The fourth-order valence-corrected chi connectivity index (χ4v) is 6.18. The molecule has 182 valence electrons. The van der Waals surface area contributed by atoms with Gasteiger partial charge < -0.3 is 19.3 Å². The molecule has 1 atom stereocenters. The molecule has 2 amide bonds. The lowest BCUT2D eigenvalue weighted by Gasteiger charge is -2.38. The number of rotatable bonds is 6. The molecule has 0 aromatic heterocycles. The van der Waals surface area contributed by atoms with Gasteiger partial charge in [-0.2, -0.15) is 0 Å². The van der Waals surface area contributed by atoms with Crippen LogP contribution >= 0.6 is 0 Å². The van der Waals surface area contributed by atoms with Gasteiger partial charge in [0.1, 0.15) is 17.5 Å². The Morgan fingerprint density at radius 2 is 1.65 bits per heavy atom. The predicted octanol–water partition coefficient (Wildman–Crippen LogP) is 2.04. The van der Waals surface area contributed by atoms with Gasteiger partial charge in [0.15, 0.2) is 0 Å². The lowest BCUT2D eigenvalue weighted by molar-refractivity contribution is -0.138. The molecule has 34 heavy (non-hydrogen) atoms. The molecule has 0 radical (unpaired) electrons. The maximum absolute atomic E-state index is 13.4. The van der Waals surface area contributed by atoms with Crippen molar-refractivity contribution in [1.29, 1.82) is 0 Å². The minimum absolute atomic E-state index is 0.0244. The van der Waals surface area contributed by atoms with Crippen molar-refractivity contribution in [1.82, 2.24) is 9.21 Å². The molecule has 2 saturated heterocycles. The molecule has 2 aliphatic rings. The first-order valence-electron chi connectivity index (χ1n) is 11.2. The zero-order valence-electron chi connectivity index (χ0n) is 19.6. The van der Waals surface area contributed by atoms with Crippen LogP contribution in [0.3, 0.4) is 0 Å². The highest BCUT2D eigenvalue weighted by Crippen LogP contribution is 2.31. The molecule has 0 aliphatic carbocycles. The lowest BCUT2D eigenvalue weighted by atomic mass is 10.1. The number of methoxy groups -OCH3 is 2. The van der Waals surface area contributed by atoms with E-state index in [0.717, 1.165) is 15.7 Å². The molecule has 2 fully saturated rings. The topological polar surface area (TPSA) is 96.5 Å². The Kier molecular flexibility index (Phi) is 6.70. The van der Waals surface area contributed by atoms with Crippen molar-refractivity contribution in [3.63, 3.8) is 0 Å². The molecule has 0 saturated carbocycles. The summed E-state index contributed by atoms with van der Waals surface area (Å²) in [6.07, 6.45) is 0.210. The Morgan fingerprint density at radius 3 is 2.24 bits per heavy atom. The molecule has 0 N–H and O–H groups in total. The van der Waals surface area contributed by atoms with Gasteiger partial charge >= 0.3 is 0 Å². The third kappa shape index (κ3) is 4.42. The van der Waals surface area contributed by atoms with Gasteiger partial charge in [-0.15, -0.1) is 0 Å². The van der Waals surface area contributed by atoms with Crippen molar-refractivity contribution in [2.75, 3.05) is 45.3 Å². The number of benzene rings is 2. The number of piperazine rings is 1. The Balaban J connectivity index is 1.48. The van der Waals surface area contributed by atoms with Crippen LogP contribution in [-0.2, 0) is 19.6 Å². The second-order valence-electron chi connectivity index (χ2n) is 8.39. The Labute approximate surface area is 199 Å². The third-order valence-corrected chi connectivity index (χ3v) is 8.22. The summed E-state index contributed by atoms with van der Waals surface area (Å²) in [6, 6.07) is 11.1. The zero-order valence-corrected chi connectivity index (χ0v) is 20.4. The van der Waals surface area contributed by atoms with Crippen LogP contribution < -0.4 is 14.4 Å². The highest BCUT2D eigenvalue weighted by Gasteiger charge is 2.46. The minimum Gasteiger partial charge on any atom is -0.497 e. The van der Waals surface area contributed by atoms with E-state index in [-0.39, 0.29) is 23.6 Å². The summed E-state index contributed by atoms with van der Waals surface area (Å²) >= 11 is 0. The monoisotopic (exact) mass is 487 g/mol. The molecule has 4 rings (SSSR count). The van der Waals surface area contributed by atoms with E-state index < -0.39 is 22.0 Å². The van der Waals surface area contributed by atoms with Crippen LogP contribution in [-0.4, -0.2) is 75.9 Å². The van der Waals surface area contributed by atoms with Gasteiger partial charge in [-0.05, 0) is 61.4 Å². The Hall–Kier alpha value is -3.27. The van der Waals surface area contributed by atoms with E-state index in [1.165, 1.54) is 19.2 Å². The van der Waals surface area contributed by atoms with Gasteiger partial charge in [0.2, 0.25) is 11.8 Å². The van der Waals surface area contributed by atoms with Gasteiger partial charge in [-0.1, -0.05) is 0 Å². The van der Waals surface area contributed by atoms with Gasteiger partial charge in [0.25, 0.3) is 10.0 Å². The van der Waals surface area contributed by atoms with E-state index >= 15 is 0 Å². The van der Waals surface area contributed by atoms with Crippen molar-refractivity contribution < 1.29 is 27.5 Å². The van der Waals surface area contributed by atoms with Crippen LogP contribution in [0.2, 0.25) is 0 Å². The molecular weight excluding hydrogens is 458 g/mol. The average molecular weight is 488 g/mol. The molecule has 9 nitrogen and oxygen atoms in total. The Bertz CT molecular complexity index is 1170. The molecule has 0 bridgehead atoms. The highest BCUT2D eigenvalue weighted by atomic mass is 32.2. The van der Waals surface area contributed by atoms with E-state index in [0.29, 0.717) is 37.5 Å². The summed E-state index contributed by atoms with van der Waals surface area (Å²) < 4.78 is 37.9. The number of sulfonamides is 1. The molecular formula is C24H29N3O6S. The molecule has 10 heteroatoms. The summed E-state index contributed by atoms with van der Waals surface area (Å²) in [6.45, 7) is 3.86. The van der Waals surface area contributed by atoms with Crippen LogP contribution in [0.5, 0.6) is 11.5 Å². The number of anilines is 1. The summed E-state index contributed by atoms with van der Waals surface area (Å²) in [5, 5.41) is 0. The number of amides is 2. The fraction of sp³-hybridized carbons (Fsp3) is 0.417. The minimum atomic E-state index is -4.17. The zero-order chi connectivity index (χ0) is 24.5. The van der Waals surface area contributed by atoms with Crippen LogP contribution in [0.25, 0.3) is 0 Å². The number of hydrogen-bond donors (Lipinski definition) is 0. The molecule has 2 aliphatic heterocycles. The maximum Gasteiger partial charge on any atom is 0.267 e. The number of carbonyl (C=O) groups excluding carboxylic acids is 2. The summed E-state index contributed by atoms with van der Waals surface area (Å²) in [4.78, 5) is 29.8. The van der Waals surface area contributed by atoms with Crippen molar-refractivity contribution in [3.05, 3.63) is 48.0 Å². The first kappa shape index (κ1) is 23.9. The number of ether oxygens (including phenoxy) is 2. The largest absolute Gasteiger partial charge is 0.497 e. The highest BCUT2D eigenvalue weighted by molar-refractivity contribution is 7.89. The first-order valence-corrected chi connectivity index (χ1v) is 12.6. The molecule has 2 heterocycles.